The Morgan fingerprint density at radius 3 is 1.14 bits per heavy atom. The first-order chi connectivity index (χ1) is 9.53. The van der Waals surface area contributed by atoms with Crippen LogP contribution in [0.25, 0.3) is 0 Å². The van der Waals surface area contributed by atoms with Crippen LogP contribution in [0, 0.1) is 0 Å². The first kappa shape index (κ1) is 23.3. The fourth-order valence-electron chi connectivity index (χ4n) is 0.605. The molecule has 136 valence electrons. The Kier molecular flexibility index (Phi) is 9.09. The molecule has 1 unspecified atom stereocenters. The summed E-state index contributed by atoms with van der Waals surface area (Å²) in [5.41, 5.74) is 0. The number of ether oxygens (including phenoxy) is 2. The van der Waals surface area contributed by atoms with E-state index in [0.29, 0.717) is 0 Å². The van der Waals surface area contributed by atoms with Crippen LogP contribution < -0.4 is 0 Å². The van der Waals surface area contributed by atoms with Gasteiger partial charge in [0.15, 0.2) is 6.86 Å². The minimum absolute atomic E-state index is 2.14. The van der Waals surface area contributed by atoms with Crippen LogP contribution >= 0.6 is 0 Å². The summed E-state index contributed by atoms with van der Waals surface area (Å²) in [5, 5.41) is 0. The first-order valence-electron chi connectivity index (χ1n) is 4.48. The summed E-state index contributed by atoms with van der Waals surface area (Å²) in [4.78, 5) is 0. The van der Waals surface area contributed by atoms with Gasteiger partial charge in [-0.25, -0.2) is 8.78 Å². The Labute approximate surface area is 112 Å². The Balaban J connectivity index is 0. The normalized spacial score (nSPS) is 14.9. The highest BCUT2D eigenvalue weighted by molar-refractivity contribution is 4.75. The molecule has 0 saturated heterocycles. The molecule has 0 rings (SSSR count). The van der Waals surface area contributed by atoms with Crippen molar-refractivity contribution in [1.29, 1.82) is 0 Å². The third kappa shape index (κ3) is 10.7. The molecule has 0 N–H and O–H groups in total. The van der Waals surface area contributed by atoms with Crippen LogP contribution in [0.4, 0.5) is 57.1 Å². The average Bonchev–Trinajstić information content (AvgIpc) is 2.21. The van der Waals surface area contributed by atoms with Gasteiger partial charge in [0.1, 0.15) is 0 Å². The predicted octanol–water partition coefficient (Wildman–Crippen LogP) is 4.51. The molecule has 15 heteroatoms. The molecule has 0 heterocycles. The van der Waals surface area contributed by atoms with Crippen LogP contribution in [0.1, 0.15) is 0 Å². The van der Waals surface area contributed by atoms with E-state index in [-0.39, 0.29) is 0 Å². The molecule has 0 aliphatic rings. The van der Waals surface area contributed by atoms with Crippen molar-refractivity contribution in [1.82, 2.24) is 0 Å². The van der Waals surface area contributed by atoms with Crippen LogP contribution in [-0.2, 0) is 9.47 Å². The molecule has 0 aromatic rings. The van der Waals surface area contributed by atoms with Crippen molar-refractivity contribution in [2.75, 3.05) is 6.86 Å². The van der Waals surface area contributed by atoms with Gasteiger partial charge in [-0.3, -0.25) is 4.74 Å². The van der Waals surface area contributed by atoms with Gasteiger partial charge in [-0.1, -0.05) is 0 Å². The molecule has 0 bridgehead atoms. The van der Waals surface area contributed by atoms with Crippen molar-refractivity contribution in [3.05, 3.63) is 0 Å². The van der Waals surface area contributed by atoms with E-state index >= 15 is 0 Å². The van der Waals surface area contributed by atoms with Crippen molar-refractivity contribution in [2.45, 2.75) is 37.6 Å². The highest BCUT2D eigenvalue weighted by atomic mass is 19.4. The lowest BCUT2D eigenvalue weighted by Gasteiger charge is -2.21. The van der Waals surface area contributed by atoms with E-state index in [0.717, 1.165) is 0 Å². The zero-order chi connectivity index (χ0) is 18.4. The molecule has 0 aromatic carbocycles. The monoisotopic (exact) mass is 368 g/mol. The van der Waals surface area contributed by atoms with Gasteiger partial charge >= 0.3 is 25.1 Å². The SMILES string of the molecule is FC(F)OC(F)C(F)(F)F.FCOC(C(F)(F)F)C(F)(F)F. The van der Waals surface area contributed by atoms with Crippen LogP contribution in [-0.4, -0.2) is 44.5 Å². The lowest BCUT2D eigenvalue weighted by Crippen LogP contribution is -2.44. The number of hydrogen-bond acceptors (Lipinski definition) is 2. The van der Waals surface area contributed by atoms with E-state index in [4.69, 9.17) is 0 Å². The molecule has 0 fully saturated rings. The van der Waals surface area contributed by atoms with Gasteiger partial charge in [0, 0.05) is 0 Å². The summed E-state index contributed by atoms with van der Waals surface area (Å²) in [6.07, 6.45) is -24.6. The largest absolute Gasteiger partial charge is 0.445 e. The van der Waals surface area contributed by atoms with Crippen molar-refractivity contribution < 1.29 is 66.5 Å². The van der Waals surface area contributed by atoms with Gasteiger partial charge in [-0.05, 0) is 0 Å². The van der Waals surface area contributed by atoms with Crippen molar-refractivity contribution in [2.24, 2.45) is 0 Å². The van der Waals surface area contributed by atoms with Gasteiger partial charge in [0.25, 0.3) is 12.5 Å². The maximum absolute atomic E-state index is 11.4. The molecule has 22 heavy (non-hydrogen) atoms. The Bertz CT molecular complexity index is 278. The quantitative estimate of drug-likeness (QED) is 0.680. The Morgan fingerprint density at radius 1 is 0.682 bits per heavy atom. The van der Waals surface area contributed by atoms with Gasteiger partial charge in [-0.2, -0.15) is 48.3 Å². The van der Waals surface area contributed by atoms with Crippen molar-refractivity contribution in [3.8, 4) is 0 Å². The van der Waals surface area contributed by atoms with Crippen molar-refractivity contribution in [3.63, 3.8) is 0 Å². The summed E-state index contributed by atoms with van der Waals surface area (Å²) < 4.78 is 151. The predicted molar refractivity (Wildman–Crippen MR) is 41.0 cm³/mol. The summed E-state index contributed by atoms with van der Waals surface area (Å²) in [6, 6.07) is 0. The van der Waals surface area contributed by atoms with E-state index in [1.54, 1.807) is 0 Å². The summed E-state index contributed by atoms with van der Waals surface area (Å²) in [5.74, 6) is 0. The van der Waals surface area contributed by atoms with Crippen LogP contribution in [0.5, 0.6) is 0 Å². The molecular weight excluding hydrogens is 363 g/mol. The van der Waals surface area contributed by atoms with Crippen LogP contribution in [0.15, 0.2) is 0 Å². The fraction of sp³-hybridized carbons (Fsp3) is 1.00. The fourth-order valence-corrected chi connectivity index (χ4v) is 0.605. The smallest absolute Gasteiger partial charge is 0.329 e. The molecule has 0 aliphatic carbocycles. The maximum atomic E-state index is 11.4. The molecule has 0 radical (unpaired) electrons. The molecule has 1 atom stereocenters. The van der Waals surface area contributed by atoms with Crippen LogP contribution in [0.3, 0.4) is 0 Å². The molecular formula is C7H5F13O2. The topological polar surface area (TPSA) is 18.5 Å². The highest BCUT2D eigenvalue weighted by Crippen LogP contribution is 2.35. The zero-order valence-corrected chi connectivity index (χ0v) is 9.67. The Hall–Kier alpha value is -0.990. The van der Waals surface area contributed by atoms with Gasteiger partial charge in [0.05, 0.1) is 0 Å². The van der Waals surface area contributed by atoms with E-state index in [1.807, 2.05) is 0 Å². The van der Waals surface area contributed by atoms with E-state index < -0.39 is 44.5 Å². The number of hydrogen-bond donors (Lipinski definition) is 0. The average molecular weight is 368 g/mol. The second-order valence-corrected chi connectivity index (χ2v) is 2.99. The summed E-state index contributed by atoms with van der Waals surface area (Å²) in [6.45, 7) is -5.89. The molecule has 0 amide bonds. The highest BCUT2D eigenvalue weighted by Gasteiger charge is 2.58. The number of alkyl halides is 13. The van der Waals surface area contributed by atoms with Gasteiger partial charge < -0.3 is 4.74 Å². The number of halogens is 13. The van der Waals surface area contributed by atoms with E-state index in [2.05, 4.69) is 9.47 Å². The molecule has 0 saturated carbocycles. The lowest BCUT2D eigenvalue weighted by atomic mass is 10.3. The number of rotatable bonds is 4. The minimum Gasteiger partial charge on any atom is -0.329 e. The summed E-state index contributed by atoms with van der Waals surface area (Å²) >= 11 is 0. The third-order valence-corrected chi connectivity index (χ3v) is 1.30. The van der Waals surface area contributed by atoms with Crippen molar-refractivity contribution >= 4 is 0 Å². The van der Waals surface area contributed by atoms with Gasteiger partial charge in [-0.15, -0.1) is 0 Å². The lowest BCUT2D eigenvalue weighted by molar-refractivity contribution is -0.327. The molecule has 0 aromatic heterocycles. The Morgan fingerprint density at radius 2 is 1.05 bits per heavy atom. The van der Waals surface area contributed by atoms with Crippen LogP contribution in [0.2, 0.25) is 0 Å². The maximum Gasteiger partial charge on any atom is 0.445 e. The molecule has 0 aliphatic heterocycles. The zero-order valence-electron chi connectivity index (χ0n) is 9.67. The third-order valence-electron chi connectivity index (χ3n) is 1.30. The second kappa shape index (κ2) is 8.59. The standard InChI is InChI=1S/C4H3F7O.C3H2F6O/c5-1-12-2(3(6,7)8)4(9,10)11;4-1(3(7,8)9)10-2(5)6/h2H,1H2;1-2H. The molecule has 0 spiro atoms. The van der Waals surface area contributed by atoms with E-state index in [9.17, 15) is 57.1 Å². The first-order valence-corrected chi connectivity index (χ1v) is 4.48. The minimum atomic E-state index is -5.63. The second-order valence-electron chi connectivity index (χ2n) is 2.99. The van der Waals surface area contributed by atoms with E-state index in [1.165, 1.54) is 0 Å². The van der Waals surface area contributed by atoms with Gasteiger partial charge in [0.2, 0.25) is 0 Å². The molecule has 2 nitrogen and oxygen atoms in total. The summed E-state index contributed by atoms with van der Waals surface area (Å²) in [7, 11) is 0.